The molecule has 1 unspecified atom stereocenters. The number of esters is 1. The van der Waals surface area contributed by atoms with Crippen LogP contribution in [0.4, 0.5) is 0 Å². The molecule has 18 heavy (non-hydrogen) atoms. The molecule has 104 valence electrons. The van der Waals surface area contributed by atoms with Crippen molar-refractivity contribution in [1.29, 1.82) is 0 Å². The van der Waals surface area contributed by atoms with E-state index in [2.05, 4.69) is 4.74 Å². The zero-order chi connectivity index (χ0) is 13.4. The lowest BCUT2D eigenvalue weighted by Crippen LogP contribution is -2.46. The summed E-state index contributed by atoms with van der Waals surface area (Å²) in [6.45, 7) is 1.54. The molecule has 1 heterocycles. The predicted octanol–water partition coefficient (Wildman–Crippen LogP) is 1.19. The number of carbonyl (C=O) groups excluding carboxylic acids is 2. The lowest BCUT2D eigenvalue weighted by Gasteiger charge is -2.32. The smallest absolute Gasteiger partial charge is 0.308 e. The van der Waals surface area contributed by atoms with Crippen LogP contribution in [0.1, 0.15) is 25.7 Å². The van der Waals surface area contributed by atoms with E-state index in [9.17, 15) is 9.59 Å². The van der Waals surface area contributed by atoms with Crippen molar-refractivity contribution in [3.05, 3.63) is 0 Å². The van der Waals surface area contributed by atoms with Crippen LogP contribution in [0.15, 0.2) is 0 Å². The van der Waals surface area contributed by atoms with Gasteiger partial charge in [0.2, 0.25) is 5.91 Å². The summed E-state index contributed by atoms with van der Waals surface area (Å²) in [7, 11) is 1.35. The number of hydrogen-bond donors (Lipinski definition) is 0. The summed E-state index contributed by atoms with van der Waals surface area (Å²) < 4.78 is 10.0. The molecule has 0 spiro atoms. The van der Waals surface area contributed by atoms with Gasteiger partial charge < -0.3 is 14.4 Å². The molecule has 0 N–H and O–H groups in total. The molecule has 1 aliphatic rings. The number of methoxy groups -OCH3 is 1. The third-order valence-corrected chi connectivity index (χ3v) is 3.16. The first-order chi connectivity index (χ1) is 8.67. The number of nitrogens with zero attached hydrogens (tertiary/aromatic N) is 1. The highest BCUT2D eigenvalue weighted by Gasteiger charge is 2.25. The minimum absolute atomic E-state index is 0.110. The summed E-state index contributed by atoms with van der Waals surface area (Å²) in [4.78, 5) is 24.8. The summed E-state index contributed by atoms with van der Waals surface area (Å²) in [5.74, 6) is 0.385. The van der Waals surface area contributed by atoms with E-state index in [1.807, 2.05) is 0 Å². The van der Waals surface area contributed by atoms with E-state index in [4.69, 9.17) is 16.3 Å². The third kappa shape index (κ3) is 5.23. The largest absolute Gasteiger partial charge is 0.469 e. The van der Waals surface area contributed by atoms with Crippen LogP contribution in [-0.2, 0) is 19.1 Å². The van der Waals surface area contributed by atoms with Gasteiger partial charge in [-0.05, 0) is 12.8 Å². The predicted molar refractivity (Wildman–Crippen MR) is 67.5 cm³/mol. The molecule has 5 nitrogen and oxygen atoms in total. The zero-order valence-corrected chi connectivity index (χ0v) is 11.4. The van der Waals surface area contributed by atoms with Gasteiger partial charge in [-0.25, -0.2) is 0 Å². The van der Waals surface area contributed by atoms with E-state index in [1.165, 1.54) is 7.11 Å². The number of morpholine rings is 1. The van der Waals surface area contributed by atoms with E-state index in [0.717, 1.165) is 12.8 Å². The number of halogens is 1. The SMILES string of the molecule is COC(=O)CC1CN(C(=O)CCCCCl)CCO1. The first kappa shape index (κ1) is 15.2. The Bertz CT molecular complexity index is 285. The fourth-order valence-corrected chi connectivity index (χ4v) is 2.06. The van der Waals surface area contributed by atoms with Crippen molar-refractivity contribution in [2.24, 2.45) is 0 Å². The van der Waals surface area contributed by atoms with Gasteiger partial charge in [-0.1, -0.05) is 0 Å². The Balaban J connectivity index is 2.33. The number of carbonyl (C=O) groups is 2. The first-order valence-corrected chi connectivity index (χ1v) is 6.73. The summed E-state index contributed by atoms with van der Waals surface area (Å²) in [5, 5.41) is 0. The molecular formula is C12H20ClNO4. The maximum absolute atomic E-state index is 11.9. The van der Waals surface area contributed by atoms with Crippen LogP contribution in [0.25, 0.3) is 0 Å². The average molecular weight is 278 g/mol. The van der Waals surface area contributed by atoms with E-state index >= 15 is 0 Å². The Labute approximate surface area is 112 Å². The molecule has 1 saturated heterocycles. The van der Waals surface area contributed by atoms with Crippen molar-refractivity contribution in [2.75, 3.05) is 32.7 Å². The van der Waals surface area contributed by atoms with Crippen LogP contribution in [0.3, 0.4) is 0 Å². The van der Waals surface area contributed by atoms with Crippen molar-refractivity contribution in [1.82, 2.24) is 4.90 Å². The number of unbranched alkanes of at least 4 members (excludes halogenated alkanes) is 1. The number of alkyl halides is 1. The van der Waals surface area contributed by atoms with Crippen LogP contribution < -0.4 is 0 Å². The maximum atomic E-state index is 11.9. The maximum Gasteiger partial charge on any atom is 0.308 e. The Morgan fingerprint density at radius 2 is 2.22 bits per heavy atom. The second kappa shape index (κ2) is 8.32. The molecule has 0 aromatic heterocycles. The van der Waals surface area contributed by atoms with Gasteiger partial charge in [0.05, 0.1) is 26.2 Å². The minimum Gasteiger partial charge on any atom is -0.469 e. The molecule has 1 rings (SSSR count). The number of rotatable bonds is 6. The second-order valence-corrected chi connectivity index (χ2v) is 4.64. The van der Waals surface area contributed by atoms with Crippen molar-refractivity contribution in [2.45, 2.75) is 31.8 Å². The number of hydrogen-bond acceptors (Lipinski definition) is 4. The fraction of sp³-hybridized carbons (Fsp3) is 0.833. The fourth-order valence-electron chi connectivity index (χ4n) is 1.87. The molecule has 0 radical (unpaired) electrons. The highest BCUT2D eigenvalue weighted by Crippen LogP contribution is 2.12. The standard InChI is InChI=1S/C12H20ClNO4/c1-17-12(16)8-10-9-14(6-7-18-10)11(15)4-2-3-5-13/h10H,2-9H2,1H3. The van der Waals surface area contributed by atoms with E-state index in [0.29, 0.717) is 32.0 Å². The zero-order valence-electron chi connectivity index (χ0n) is 10.7. The molecule has 0 aromatic carbocycles. The van der Waals surface area contributed by atoms with Gasteiger partial charge in [0, 0.05) is 25.4 Å². The van der Waals surface area contributed by atoms with Gasteiger partial charge in [0.15, 0.2) is 0 Å². The average Bonchev–Trinajstić information content (AvgIpc) is 2.39. The van der Waals surface area contributed by atoms with Crippen molar-refractivity contribution < 1.29 is 19.1 Å². The Morgan fingerprint density at radius 3 is 2.89 bits per heavy atom. The summed E-state index contributed by atoms with van der Waals surface area (Å²) in [6, 6.07) is 0. The molecule has 0 bridgehead atoms. The normalized spacial score (nSPS) is 19.7. The highest BCUT2D eigenvalue weighted by atomic mass is 35.5. The highest BCUT2D eigenvalue weighted by molar-refractivity contribution is 6.17. The molecule has 1 atom stereocenters. The van der Waals surface area contributed by atoms with Crippen LogP contribution in [-0.4, -0.2) is 55.6 Å². The van der Waals surface area contributed by atoms with Gasteiger partial charge in [-0.2, -0.15) is 0 Å². The third-order valence-electron chi connectivity index (χ3n) is 2.89. The number of amides is 1. The van der Waals surface area contributed by atoms with Gasteiger partial charge in [-0.15, -0.1) is 11.6 Å². The van der Waals surface area contributed by atoms with Gasteiger partial charge >= 0.3 is 5.97 Å². The molecule has 1 fully saturated rings. The molecule has 6 heteroatoms. The van der Waals surface area contributed by atoms with Gasteiger partial charge in [-0.3, -0.25) is 9.59 Å². The van der Waals surface area contributed by atoms with Gasteiger partial charge in [0.25, 0.3) is 0 Å². The van der Waals surface area contributed by atoms with Crippen LogP contribution >= 0.6 is 11.6 Å². The Morgan fingerprint density at radius 1 is 1.44 bits per heavy atom. The summed E-state index contributed by atoms with van der Waals surface area (Å²) in [6.07, 6.45) is 2.12. The molecule has 0 aromatic rings. The van der Waals surface area contributed by atoms with E-state index in [1.54, 1.807) is 4.90 Å². The van der Waals surface area contributed by atoms with Crippen molar-refractivity contribution >= 4 is 23.5 Å². The van der Waals surface area contributed by atoms with Gasteiger partial charge in [0.1, 0.15) is 0 Å². The van der Waals surface area contributed by atoms with Crippen LogP contribution in [0, 0.1) is 0 Å². The van der Waals surface area contributed by atoms with Crippen molar-refractivity contribution in [3.63, 3.8) is 0 Å². The summed E-state index contributed by atoms with van der Waals surface area (Å²) >= 11 is 5.57. The van der Waals surface area contributed by atoms with E-state index in [-0.39, 0.29) is 24.4 Å². The monoisotopic (exact) mass is 277 g/mol. The quantitative estimate of drug-likeness (QED) is 0.416. The van der Waals surface area contributed by atoms with Crippen LogP contribution in [0.2, 0.25) is 0 Å². The second-order valence-electron chi connectivity index (χ2n) is 4.26. The lowest BCUT2D eigenvalue weighted by atomic mass is 10.1. The molecule has 0 saturated carbocycles. The minimum atomic E-state index is -0.309. The lowest BCUT2D eigenvalue weighted by molar-refractivity contribution is -0.150. The van der Waals surface area contributed by atoms with E-state index < -0.39 is 0 Å². The van der Waals surface area contributed by atoms with Crippen LogP contribution in [0.5, 0.6) is 0 Å². The Hall–Kier alpha value is -0.810. The molecule has 1 amide bonds. The molecular weight excluding hydrogens is 258 g/mol. The van der Waals surface area contributed by atoms with Crippen molar-refractivity contribution in [3.8, 4) is 0 Å². The number of ether oxygens (including phenoxy) is 2. The molecule has 1 aliphatic heterocycles. The summed E-state index contributed by atoms with van der Waals surface area (Å²) in [5.41, 5.74) is 0. The first-order valence-electron chi connectivity index (χ1n) is 6.19. The molecule has 0 aliphatic carbocycles. The topological polar surface area (TPSA) is 55.8 Å². The Kier molecular flexibility index (Phi) is 7.05.